The highest BCUT2D eigenvalue weighted by molar-refractivity contribution is 5.82. The third-order valence-electron chi connectivity index (χ3n) is 5.55. The minimum Gasteiger partial charge on any atom is -0.351 e. The molecule has 2 atom stereocenters. The zero-order chi connectivity index (χ0) is 16.5. The molecule has 130 valence electrons. The van der Waals surface area contributed by atoms with Gasteiger partial charge in [0.15, 0.2) is 0 Å². The maximum absolute atomic E-state index is 12.5. The van der Waals surface area contributed by atoms with E-state index in [0.717, 1.165) is 31.4 Å². The summed E-state index contributed by atoms with van der Waals surface area (Å²) in [7, 11) is 0. The van der Waals surface area contributed by atoms with Crippen LogP contribution in [-0.2, 0) is 24.2 Å². The van der Waals surface area contributed by atoms with Gasteiger partial charge in [0.2, 0.25) is 5.91 Å². The third kappa shape index (κ3) is 2.99. The molecule has 1 aromatic rings. The summed E-state index contributed by atoms with van der Waals surface area (Å²) in [4.78, 5) is 26.2. The number of aromatic nitrogens is 2. The molecule has 0 aromatic carbocycles. The number of fused-ring (bicyclic) bond motifs is 5. The molecule has 2 bridgehead atoms. The van der Waals surface area contributed by atoms with Gasteiger partial charge in [0.1, 0.15) is 0 Å². The number of hydrogen-bond donors (Lipinski definition) is 3. The molecule has 3 aliphatic heterocycles. The lowest BCUT2D eigenvalue weighted by atomic mass is 9.96. The van der Waals surface area contributed by atoms with Gasteiger partial charge >= 0.3 is 6.03 Å². The average molecular weight is 331 g/mol. The predicted octanol–water partition coefficient (Wildman–Crippen LogP) is 1.10. The first-order chi connectivity index (χ1) is 11.7. The Morgan fingerprint density at radius 2 is 2.08 bits per heavy atom. The van der Waals surface area contributed by atoms with Crippen LogP contribution in [0.5, 0.6) is 0 Å². The number of aromatic amines is 1. The molecule has 7 heteroatoms. The van der Waals surface area contributed by atoms with Gasteiger partial charge in [-0.05, 0) is 44.1 Å². The first-order valence-electron chi connectivity index (χ1n) is 9.09. The van der Waals surface area contributed by atoms with Crippen LogP contribution >= 0.6 is 0 Å². The van der Waals surface area contributed by atoms with Gasteiger partial charge in [-0.2, -0.15) is 5.10 Å². The molecule has 1 aromatic heterocycles. The van der Waals surface area contributed by atoms with Gasteiger partial charge < -0.3 is 15.5 Å². The summed E-state index contributed by atoms with van der Waals surface area (Å²) in [6.45, 7) is 1.58. The predicted molar refractivity (Wildman–Crippen MR) is 88.3 cm³/mol. The van der Waals surface area contributed by atoms with E-state index < -0.39 is 0 Å². The van der Waals surface area contributed by atoms with E-state index in [1.54, 1.807) is 4.90 Å². The number of hydrogen-bond acceptors (Lipinski definition) is 3. The Labute approximate surface area is 141 Å². The lowest BCUT2D eigenvalue weighted by Gasteiger charge is -2.23. The van der Waals surface area contributed by atoms with Gasteiger partial charge in [0.05, 0.1) is 18.2 Å². The average Bonchev–Trinajstić information content (AvgIpc) is 2.79. The molecule has 1 aliphatic carbocycles. The maximum atomic E-state index is 12.5. The number of piperidine rings is 1. The molecule has 0 radical (unpaired) electrons. The molecule has 3 fully saturated rings. The van der Waals surface area contributed by atoms with E-state index in [2.05, 4.69) is 20.8 Å². The van der Waals surface area contributed by atoms with Gasteiger partial charge in [-0.15, -0.1) is 0 Å². The summed E-state index contributed by atoms with van der Waals surface area (Å²) >= 11 is 0. The van der Waals surface area contributed by atoms with E-state index in [4.69, 9.17) is 0 Å². The van der Waals surface area contributed by atoms with Crippen LogP contribution in [0.25, 0.3) is 0 Å². The van der Waals surface area contributed by atoms with Crippen molar-refractivity contribution in [3.05, 3.63) is 17.0 Å². The number of nitrogens with zero attached hydrogens (tertiary/aromatic N) is 2. The van der Waals surface area contributed by atoms with Gasteiger partial charge in [0, 0.05) is 24.8 Å². The number of H-pyrrole nitrogens is 1. The molecule has 4 heterocycles. The highest BCUT2D eigenvalue weighted by atomic mass is 16.2. The third-order valence-corrected chi connectivity index (χ3v) is 5.55. The zero-order valence-corrected chi connectivity index (χ0v) is 13.9. The van der Waals surface area contributed by atoms with E-state index in [0.29, 0.717) is 19.6 Å². The van der Waals surface area contributed by atoms with Gasteiger partial charge in [0.25, 0.3) is 0 Å². The van der Waals surface area contributed by atoms with Gasteiger partial charge in [-0.3, -0.25) is 9.89 Å². The van der Waals surface area contributed by atoms with Crippen molar-refractivity contribution in [2.45, 2.75) is 57.5 Å². The minimum absolute atomic E-state index is 0.0591. The quantitative estimate of drug-likeness (QED) is 0.709. The van der Waals surface area contributed by atoms with Crippen LogP contribution in [0.2, 0.25) is 0 Å². The Kier molecular flexibility index (Phi) is 4.16. The zero-order valence-electron chi connectivity index (χ0n) is 13.9. The number of carbonyl (C=O) groups is 2. The number of nitrogens with one attached hydrogen (secondary N) is 3. The molecular formula is C17H25N5O2. The Hall–Kier alpha value is -2.05. The van der Waals surface area contributed by atoms with E-state index in [-0.39, 0.29) is 23.9 Å². The van der Waals surface area contributed by atoms with Crippen LogP contribution in [0.1, 0.15) is 49.1 Å². The Morgan fingerprint density at radius 3 is 2.96 bits per heavy atom. The second-order valence-corrected chi connectivity index (χ2v) is 7.23. The number of urea groups is 1. The monoisotopic (exact) mass is 331 g/mol. The number of rotatable bonds is 2. The van der Waals surface area contributed by atoms with Crippen LogP contribution in [0.3, 0.4) is 0 Å². The summed E-state index contributed by atoms with van der Waals surface area (Å²) < 4.78 is 0. The largest absolute Gasteiger partial charge is 0.351 e. The Bertz CT molecular complexity index is 641. The van der Waals surface area contributed by atoms with E-state index in [1.807, 2.05) is 0 Å². The van der Waals surface area contributed by atoms with Crippen molar-refractivity contribution in [3.63, 3.8) is 0 Å². The summed E-state index contributed by atoms with van der Waals surface area (Å²) in [6, 6.07) is 0.0115. The highest BCUT2D eigenvalue weighted by Crippen LogP contribution is 2.23. The minimum atomic E-state index is -0.0891. The van der Waals surface area contributed by atoms with Crippen LogP contribution in [-0.4, -0.2) is 46.2 Å². The lowest BCUT2D eigenvalue weighted by molar-refractivity contribution is -0.126. The maximum Gasteiger partial charge on any atom is 0.317 e. The molecule has 0 saturated carbocycles. The first-order valence-corrected chi connectivity index (χ1v) is 9.09. The smallest absolute Gasteiger partial charge is 0.317 e. The lowest BCUT2D eigenvalue weighted by Crippen LogP contribution is -2.45. The number of amides is 3. The molecule has 0 unspecified atom stereocenters. The van der Waals surface area contributed by atoms with Crippen LogP contribution in [0.4, 0.5) is 4.79 Å². The second-order valence-electron chi connectivity index (χ2n) is 7.23. The SMILES string of the molecule is O=C1N[C@H]2CC[C@@H]1CN(C(=O)NCc1n[nH]c3c1CCCCC3)C2. The standard InChI is InChI=1S/C17H25N5O2/c23-16-11-6-7-12(19-16)10-22(9-11)17(24)18-8-15-13-4-2-1-3-5-14(13)20-21-15/h11-12H,1-10H2,(H,18,24)(H,19,23)(H,20,21)/t11-,12+/m1/s1. The molecule has 3 N–H and O–H groups in total. The normalized spacial score (nSPS) is 26.3. The molecule has 3 amide bonds. The van der Waals surface area contributed by atoms with Crippen LogP contribution in [0.15, 0.2) is 0 Å². The Balaban J connectivity index is 1.39. The van der Waals surface area contributed by atoms with E-state index >= 15 is 0 Å². The molecule has 24 heavy (non-hydrogen) atoms. The van der Waals surface area contributed by atoms with E-state index in [1.165, 1.54) is 30.5 Å². The molecule has 4 aliphatic rings. The topological polar surface area (TPSA) is 90.1 Å². The van der Waals surface area contributed by atoms with E-state index in [9.17, 15) is 9.59 Å². The fraction of sp³-hybridized carbons (Fsp3) is 0.706. The molecule has 5 rings (SSSR count). The molecule has 7 nitrogen and oxygen atoms in total. The highest BCUT2D eigenvalue weighted by Gasteiger charge is 2.36. The Morgan fingerprint density at radius 1 is 1.21 bits per heavy atom. The summed E-state index contributed by atoms with van der Waals surface area (Å²) in [5.74, 6) is 0.0373. The van der Waals surface area contributed by atoms with Gasteiger partial charge in [-0.1, -0.05) is 6.42 Å². The van der Waals surface area contributed by atoms with Gasteiger partial charge in [-0.25, -0.2) is 4.79 Å². The summed E-state index contributed by atoms with van der Waals surface area (Å²) in [6.07, 6.45) is 7.60. The fourth-order valence-electron chi connectivity index (χ4n) is 4.15. The van der Waals surface area contributed by atoms with Crippen molar-refractivity contribution in [1.29, 1.82) is 0 Å². The molecule has 0 spiro atoms. The van der Waals surface area contributed by atoms with Crippen molar-refractivity contribution in [2.75, 3.05) is 13.1 Å². The van der Waals surface area contributed by atoms with Crippen molar-refractivity contribution in [3.8, 4) is 0 Å². The van der Waals surface area contributed by atoms with Crippen molar-refractivity contribution < 1.29 is 9.59 Å². The fourth-order valence-corrected chi connectivity index (χ4v) is 4.15. The molecular weight excluding hydrogens is 306 g/mol. The van der Waals surface area contributed by atoms with Crippen LogP contribution < -0.4 is 10.6 Å². The van der Waals surface area contributed by atoms with Crippen molar-refractivity contribution >= 4 is 11.9 Å². The number of carbonyl (C=O) groups excluding carboxylic acids is 2. The van der Waals surface area contributed by atoms with Crippen LogP contribution in [0, 0.1) is 5.92 Å². The summed E-state index contributed by atoms with van der Waals surface area (Å²) in [5, 5.41) is 13.5. The summed E-state index contributed by atoms with van der Waals surface area (Å²) in [5.41, 5.74) is 3.49. The molecule has 3 saturated heterocycles. The number of aryl methyl sites for hydroxylation is 1. The van der Waals surface area contributed by atoms with Crippen molar-refractivity contribution in [2.24, 2.45) is 5.92 Å². The van der Waals surface area contributed by atoms with Crippen molar-refractivity contribution in [1.82, 2.24) is 25.7 Å². The second kappa shape index (κ2) is 6.45. The first kappa shape index (κ1) is 15.5.